The van der Waals surface area contributed by atoms with Crippen LogP contribution in [0.4, 0.5) is 13.2 Å². The predicted molar refractivity (Wildman–Crippen MR) is 79.0 cm³/mol. The number of piperidine rings is 1. The van der Waals surface area contributed by atoms with Crippen molar-refractivity contribution < 1.29 is 22.7 Å². The van der Waals surface area contributed by atoms with Gasteiger partial charge in [0.2, 0.25) is 0 Å². The Kier molecular flexibility index (Phi) is 4.73. The first kappa shape index (κ1) is 16.5. The number of halogens is 3. The van der Waals surface area contributed by atoms with Crippen LogP contribution in [0.3, 0.4) is 0 Å². The maximum absolute atomic E-state index is 12.7. The summed E-state index contributed by atoms with van der Waals surface area (Å²) >= 11 is 0. The number of carbonyl (C=O) groups excluding carboxylic acids is 1. The molecular weight excluding hydrogens is 307 g/mol. The first-order chi connectivity index (χ1) is 10.9. The quantitative estimate of drug-likeness (QED) is 0.924. The molecule has 23 heavy (non-hydrogen) atoms. The highest BCUT2D eigenvalue weighted by Crippen LogP contribution is 2.30. The monoisotopic (exact) mass is 327 g/mol. The van der Waals surface area contributed by atoms with Crippen molar-refractivity contribution in [3.63, 3.8) is 0 Å². The van der Waals surface area contributed by atoms with Gasteiger partial charge >= 0.3 is 6.18 Å². The molecule has 2 unspecified atom stereocenters. The molecule has 2 saturated heterocycles. The zero-order chi connectivity index (χ0) is 16.4. The fourth-order valence-electron chi connectivity index (χ4n) is 3.48. The number of morpholine rings is 1. The van der Waals surface area contributed by atoms with Crippen LogP contribution in [-0.4, -0.2) is 31.1 Å². The second kappa shape index (κ2) is 6.61. The smallest absolute Gasteiger partial charge is 0.378 e. The van der Waals surface area contributed by atoms with Gasteiger partial charge in [-0.05, 0) is 30.9 Å². The normalized spacial score (nSPS) is 27.7. The average molecular weight is 327 g/mol. The van der Waals surface area contributed by atoms with E-state index >= 15 is 0 Å². The van der Waals surface area contributed by atoms with Gasteiger partial charge in [-0.15, -0.1) is 0 Å². The Labute approximate surface area is 133 Å². The molecule has 1 aromatic rings. The highest BCUT2D eigenvalue weighted by molar-refractivity contribution is 5.81. The van der Waals surface area contributed by atoms with Crippen LogP contribution in [0.2, 0.25) is 0 Å². The Morgan fingerprint density at radius 1 is 1.22 bits per heavy atom. The number of rotatable bonds is 4. The van der Waals surface area contributed by atoms with Crippen LogP contribution < -0.4 is 5.32 Å². The van der Waals surface area contributed by atoms with E-state index in [-0.39, 0.29) is 23.8 Å². The van der Waals surface area contributed by atoms with E-state index in [0.717, 1.165) is 25.0 Å². The van der Waals surface area contributed by atoms with E-state index in [1.807, 2.05) is 0 Å². The molecule has 2 fully saturated rings. The number of ether oxygens (including phenoxy) is 1. The summed E-state index contributed by atoms with van der Waals surface area (Å²) in [5.41, 5.74) is -0.0957. The molecule has 0 amide bonds. The molecule has 2 aliphatic rings. The minimum Gasteiger partial charge on any atom is -0.378 e. The maximum Gasteiger partial charge on any atom is 0.416 e. The van der Waals surface area contributed by atoms with Crippen molar-refractivity contribution in [3.05, 3.63) is 35.4 Å². The number of hydrogen-bond acceptors (Lipinski definition) is 3. The lowest BCUT2D eigenvalue weighted by atomic mass is 9.82. The number of carbonyl (C=O) groups is 1. The molecule has 3 nitrogen and oxygen atoms in total. The second-order valence-corrected chi connectivity index (χ2v) is 6.43. The van der Waals surface area contributed by atoms with Crippen molar-refractivity contribution in [2.24, 2.45) is 5.92 Å². The Bertz CT molecular complexity index is 561. The molecule has 0 radical (unpaired) electrons. The Morgan fingerprint density at radius 2 is 1.91 bits per heavy atom. The predicted octanol–water partition coefficient (Wildman–Crippen LogP) is 2.97. The summed E-state index contributed by atoms with van der Waals surface area (Å²) in [6, 6.07) is 5.69. The highest BCUT2D eigenvalue weighted by atomic mass is 19.4. The Balaban J connectivity index is 1.57. The third-order valence-corrected chi connectivity index (χ3v) is 4.62. The van der Waals surface area contributed by atoms with Gasteiger partial charge in [0, 0.05) is 24.4 Å². The number of nitrogens with one attached hydrogen (secondary N) is 1. The molecule has 2 bridgehead atoms. The van der Waals surface area contributed by atoms with Gasteiger partial charge in [0.05, 0.1) is 18.8 Å². The van der Waals surface area contributed by atoms with E-state index in [9.17, 15) is 18.0 Å². The van der Waals surface area contributed by atoms with Crippen molar-refractivity contribution in [2.45, 2.75) is 43.9 Å². The summed E-state index contributed by atoms with van der Waals surface area (Å²) in [5, 5.41) is 3.43. The van der Waals surface area contributed by atoms with Crippen molar-refractivity contribution in [1.82, 2.24) is 5.32 Å². The van der Waals surface area contributed by atoms with Crippen LogP contribution in [0.1, 0.15) is 30.4 Å². The summed E-state index contributed by atoms with van der Waals surface area (Å²) < 4.78 is 43.6. The molecule has 1 N–H and O–H groups in total. The Hall–Kier alpha value is -1.40. The van der Waals surface area contributed by atoms with E-state index in [1.54, 1.807) is 6.07 Å². The second-order valence-electron chi connectivity index (χ2n) is 6.43. The number of ketones is 1. The summed E-state index contributed by atoms with van der Waals surface area (Å²) in [4.78, 5) is 12.4. The first-order valence-corrected chi connectivity index (χ1v) is 7.94. The van der Waals surface area contributed by atoms with E-state index < -0.39 is 11.7 Å². The van der Waals surface area contributed by atoms with Crippen LogP contribution >= 0.6 is 0 Å². The highest BCUT2D eigenvalue weighted by Gasteiger charge is 2.35. The summed E-state index contributed by atoms with van der Waals surface area (Å²) in [6.45, 7) is 1.27. The SMILES string of the molecule is O=C(CCc1cccc(C(F)(F)F)c1)C1CC2COCC(C1)N2. The molecular formula is C17H20F3NO2. The summed E-state index contributed by atoms with van der Waals surface area (Å²) in [5.74, 6) is 0.154. The Morgan fingerprint density at radius 3 is 2.57 bits per heavy atom. The van der Waals surface area contributed by atoms with Crippen LogP contribution in [0, 0.1) is 5.92 Å². The number of alkyl halides is 3. The van der Waals surface area contributed by atoms with Gasteiger partial charge in [0.25, 0.3) is 0 Å². The zero-order valence-corrected chi connectivity index (χ0v) is 12.7. The van der Waals surface area contributed by atoms with Crippen LogP contribution in [0.15, 0.2) is 24.3 Å². The van der Waals surface area contributed by atoms with E-state index in [2.05, 4.69) is 5.32 Å². The molecule has 6 heteroatoms. The van der Waals surface area contributed by atoms with Crippen LogP contribution in [0.25, 0.3) is 0 Å². The largest absolute Gasteiger partial charge is 0.416 e. The molecule has 1 aromatic carbocycles. The van der Waals surface area contributed by atoms with Crippen LogP contribution in [-0.2, 0) is 22.1 Å². The first-order valence-electron chi connectivity index (χ1n) is 7.94. The maximum atomic E-state index is 12.7. The van der Waals surface area contributed by atoms with Gasteiger partial charge in [-0.1, -0.05) is 18.2 Å². The van der Waals surface area contributed by atoms with Gasteiger partial charge < -0.3 is 10.1 Å². The molecule has 2 atom stereocenters. The number of Topliss-reactive ketones (excluding diaryl/α,β-unsaturated/α-hetero) is 1. The number of hydrogen-bond donors (Lipinski definition) is 1. The lowest BCUT2D eigenvalue weighted by Gasteiger charge is -2.39. The number of fused-ring (bicyclic) bond motifs is 2. The van der Waals surface area contributed by atoms with E-state index in [4.69, 9.17) is 4.74 Å². The average Bonchev–Trinajstić information content (AvgIpc) is 2.51. The standard InChI is InChI=1S/C17H20F3NO2/c18-17(19,20)13-3-1-2-11(6-13)4-5-16(22)12-7-14-9-23-10-15(8-12)21-14/h1-3,6,12,14-15,21H,4-5,7-10H2. The molecule has 0 aliphatic carbocycles. The van der Waals surface area contributed by atoms with E-state index in [0.29, 0.717) is 31.6 Å². The van der Waals surface area contributed by atoms with Crippen LogP contribution in [0.5, 0.6) is 0 Å². The zero-order valence-electron chi connectivity index (χ0n) is 12.7. The van der Waals surface area contributed by atoms with Gasteiger partial charge in [0.15, 0.2) is 0 Å². The van der Waals surface area contributed by atoms with Gasteiger partial charge in [0.1, 0.15) is 5.78 Å². The van der Waals surface area contributed by atoms with Gasteiger partial charge in [-0.3, -0.25) is 4.79 Å². The molecule has 2 heterocycles. The van der Waals surface area contributed by atoms with Crippen molar-refractivity contribution in [2.75, 3.05) is 13.2 Å². The number of aryl methyl sites for hydroxylation is 1. The molecule has 0 saturated carbocycles. The summed E-state index contributed by atoms with van der Waals surface area (Å²) in [7, 11) is 0. The molecule has 0 aromatic heterocycles. The van der Waals surface area contributed by atoms with Crippen molar-refractivity contribution in [3.8, 4) is 0 Å². The molecule has 2 aliphatic heterocycles. The minimum atomic E-state index is -4.34. The van der Waals surface area contributed by atoms with E-state index in [1.165, 1.54) is 6.07 Å². The topological polar surface area (TPSA) is 38.3 Å². The third kappa shape index (κ3) is 4.12. The van der Waals surface area contributed by atoms with Gasteiger partial charge in [-0.2, -0.15) is 13.2 Å². The molecule has 126 valence electrons. The fraction of sp³-hybridized carbons (Fsp3) is 0.588. The van der Waals surface area contributed by atoms with Crippen molar-refractivity contribution >= 4 is 5.78 Å². The third-order valence-electron chi connectivity index (χ3n) is 4.62. The molecule has 3 rings (SSSR count). The lowest BCUT2D eigenvalue weighted by molar-refractivity contribution is -0.137. The molecule has 0 spiro atoms. The minimum absolute atomic E-state index is 0.000878. The summed E-state index contributed by atoms with van der Waals surface area (Å²) in [6.07, 6.45) is -2.16. The number of benzene rings is 1. The fourth-order valence-corrected chi connectivity index (χ4v) is 3.48. The van der Waals surface area contributed by atoms with Crippen molar-refractivity contribution in [1.29, 1.82) is 0 Å². The lowest BCUT2D eigenvalue weighted by Crippen LogP contribution is -2.55. The van der Waals surface area contributed by atoms with Gasteiger partial charge in [-0.25, -0.2) is 0 Å².